The molecule has 2 aromatic heterocycles. The van der Waals surface area contributed by atoms with Gasteiger partial charge in [-0.1, -0.05) is 0 Å². The van der Waals surface area contributed by atoms with Crippen LogP contribution in [0.4, 0.5) is 0 Å². The molecule has 8 nitrogen and oxygen atoms in total. The minimum Gasteiger partial charge on any atom is -0.493 e. The molecule has 160 valence electrons. The number of hydrogen-bond donors (Lipinski definition) is 1. The van der Waals surface area contributed by atoms with Gasteiger partial charge in [-0.15, -0.1) is 0 Å². The molecule has 8 heteroatoms. The van der Waals surface area contributed by atoms with Gasteiger partial charge in [0, 0.05) is 23.6 Å². The summed E-state index contributed by atoms with van der Waals surface area (Å²) in [5.74, 6) is 2.39. The molecular weight excluding hydrogens is 398 g/mol. The van der Waals surface area contributed by atoms with E-state index in [0.29, 0.717) is 50.9 Å². The molecule has 0 unspecified atom stereocenters. The number of carbonyl (C=O) groups excluding carboxylic acids is 1. The SMILES string of the molecule is COc1cc2ncnc(Oc3ccc4c(C(=O)NC(C)C)c(C)oc4c3)c2cc1OC. The number of amides is 1. The predicted molar refractivity (Wildman–Crippen MR) is 116 cm³/mol. The topological polar surface area (TPSA) is 95.7 Å². The van der Waals surface area contributed by atoms with E-state index in [2.05, 4.69) is 15.3 Å². The molecule has 0 fully saturated rings. The number of ether oxygens (including phenoxy) is 3. The highest BCUT2D eigenvalue weighted by Gasteiger charge is 2.20. The molecule has 2 aromatic carbocycles. The van der Waals surface area contributed by atoms with Crippen molar-refractivity contribution in [2.75, 3.05) is 14.2 Å². The molecule has 0 aliphatic rings. The second-order valence-electron chi connectivity index (χ2n) is 7.32. The molecule has 4 aromatic rings. The fourth-order valence-electron chi connectivity index (χ4n) is 3.43. The molecule has 0 saturated heterocycles. The van der Waals surface area contributed by atoms with Crippen LogP contribution in [0.3, 0.4) is 0 Å². The van der Waals surface area contributed by atoms with Crippen LogP contribution in [0.1, 0.15) is 30.0 Å². The number of aryl methyl sites for hydroxylation is 1. The molecule has 1 N–H and O–H groups in total. The summed E-state index contributed by atoms with van der Waals surface area (Å²) in [6, 6.07) is 8.89. The molecule has 0 atom stereocenters. The fourth-order valence-corrected chi connectivity index (χ4v) is 3.43. The average molecular weight is 421 g/mol. The number of nitrogens with one attached hydrogen (secondary N) is 1. The van der Waals surface area contributed by atoms with Gasteiger partial charge in [-0.05, 0) is 39.0 Å². The van der Waals surface area contributed by atoms with Gasteiger partial charge in [0.1, 0.15) is 23.4 Å². The van der Waals surface area contributed by atoms with E-state index in [1.54, 1.807) is 45.4 Å². The smallest absolute Gasteiger partial charge is 0.255 e. The van der Waals surface area contributed by atoms with Gasteiger partial charge in [0.2, 0.25) is 5.88 Å². The Labute approximate surface area is 179 Å². The maximum absolute atomic E-state index is 12.5. The van der Waals surface area contributed by atoms with Crippen LogP contribution in [-0.2, 0) is 0 Å². The number of hydrogen-bond acceptors (Lipinski definition) is 7. The summed E-state index contributed by atoms with van der Waals surface area (Å²) in [7, 11) is 3.13. The van der Waals surface area contributed by atoms with Crippen LogP contribution in [0.15, 0.2) is 41.1 Å². The van der Waals surface area contributed by atoms with Gasteiger partial charge in [0.25, 0.3) is 5.91 Å². The largest absolute Gasteiger partial charge is 0.493 e. The molecule has 0 bridgehead atoms. The first-order valence-corrected chi connectivity index (χ1v) is 9.80. The van der Waals surface area contributed by atoms with Gasteiger partial charge in [-0.3, -0.25) is 4.79 Å². The van der Waals surface area contributed by atoms with Crippen LogP contribution in [-0.4, -0.2) is 36.1 Å². The van der Waals surface area contributed by atoms with Gasteiger partial charge in [0.05, 0.1) is 30.7 Å². The Morgan fingerprint density at radius 3 is 2.48 bits per heavy atom. The summed E-state index contributed by atoms with van der Waals surface area (Å²) in [5, 5.41) is 4.30. The number of methoxy groups -OCH3 is 2. The molecule has 1 amide bonds. The molecule has 4 rings (SSSR count). The van der Waals surface area contributed by atoms with Gasteiger partial charge < -0.3 is 23.9 Å². The summed E-state index contributed by atoms with van der Waals surface area (Å²) >= 11 is 0. The summed E-state index contributed by atoms with van der Waals surface area (Å²) in [6.45, 7) is 5.60. The van der Waals surface area contributed by atoms with Gasteiger partial charge in [-0.2, -0.15) is 0 Å². The third kappa shape index (κ3) is 3.84. The van der Waals surface area contributed by atoms with Crippen LogP contribution in [0.2, 0.25) is 0 Å². The predicted octanol–water partition coefficient (Wildman–Crippen LogP) is 4.63. The first-order valence-electron chi connectivity index (χ1n) is 9.80. The van der Waals surface area contributed by atoms with E-state index in [9.17, 15) is 4.79 Å². The standard InChI is InChI=1S/C23H23N3O5/c1-12(2)26-22(27)21-13(3)30-18-8-14(6-7-15(18)21)31-23-16-9-19(28-4)20(29-5)10-17(16)24-11-25-23/h6-12H,1-5H3,(H,26,27). The number of carbonyl (C=O) groups is 1. The Bertz CT molecular complexity index is 1280. The third-order valence-corrected chi connectivity index (χ3v) is 4.80. The molecule has 0 aliphatic carbocycles. The van der Waals surface area contributed by atoms with E-state index in [0.717, 1.165) is 5.39 Å². The van der Waals surface area contributed by atoms with E-state index in [-0.39, 0.29) is 11.9 Å². The summed E-state index contributed by atoms with van der Waals surface area (Å²) in [4.78, 5) is 21.1. The van der Waals surface area contributed by atoms with E-state index >= 15 is 0 Å². The van der Waals surface area contributed by atoms with E-state index in [1.807, 2.05) is 19.9 Å². The molecule has 0 aliphatic heterocycles. The van der Waals surface area contributed by atoms with Crippen LogP contribution in [0, 0.1) is 6.92 Å². The highest BCUT2D eigenvalue weighted by atomic mass is 16.5. The van der Waals surface area contributed by atoms with Gasteiger partial charge in [0.15, 0.2) is 11.5 Å². The summed E-state index contributed by atoms with van der Waals surface area (Å²) < 4.78 is 22.6. The van der Waals surface area contributed by atoms with E-state index in [4.69, 9.17) is 18.6 Å². The minimum atomic E-state index is -0.164. The van der Waals surface area contributed by atoms with Gasteiger partial charge in [-0.25, -0.2) is 9.97 Å². The first-order chi connectivity index (χ1) is 14.9. The molecular formula is C23H23N3O5. The summed E-state index contributed by atoms with van der Waals surface area (Å²) in [5.41, 5.74) is 1.74. The molecule has 0 radical (unpaired) electrons. The lowest BCUT2D eigenvalue weighted by atomic mass is 10.1. The van der Waals surface area contributed by atoms with Crippen molar-refractivity contribution in [3.63, 3.8) is 0 Å². The Hall–Kier alpha value is -3.81. The monoisotopic (exact) mass is 421 g/mol. The number of fused-ring (bicyclic) bond motifs is 2. The highest BCUT2D eigenvalue weighted by molar-refractivity contribution is 6.07. The molecule has 2 heterocycles. The number of benzene rings is 2. The van der Waals surface area contributed by atoms with Crippen molar-refractivity contribution in [1.82, 2.24) is 15.3 Å². The van der Waals surface area contributed by atoms with Crippen molar-refractivity contribution < 1.29 is 23.4 Å². The van der Waals surface area contributed by atoms with Crippen molar-refractivity contribution in [1.29, 1.82) is 0 Å². The normalized spacial score (nSPS) is 11.2. The summed E-state index contributed by atoms with van der Waals surface area (Å²) in [6.07, 6.45) is 1.42. The lowest BCUT2D eigenvalue weighted by Crippen LogP contribution is -2.30. The highest BCUT2D eigenvalue weighted by Crippen LogP contribution is 2.36. The lowest BCUT2D eigenvalue weighted by Gasteiger charge is -2.11. The second-order valence-corrected chi connectivity index (χ2v) is 7.32. The van der Waals surface area contributed by atoms with Crippen molar-refractivity contribution in [2.24, 2.45) is 0 Å². The van der Waals surface area contributed by atoms with Crippen LogP contribution >= 0.6 is 0 Å². The van der Waals surface area contributed by atoms with E-state index < -0.39 is 0 Å². The van der Waals surface area contributed by atoms with E-state index in [1.165, 1.54) is 6.33 Å². The minimum absolute atomic E-state index is 0.0288. The van der Waals surface area contributed by atoms with Crippen LogP contribution in [0.5, 0.6) is 23.1 Å². The number of aromatic nitrogens is 2. The molecule has 0 spiro atoms. The van der Waals surface area contributed by atoms with Crippen molar-refractivity contribution in [2.45, 2.75) is 26.8 Å². The Balaban J connectivity index is 1.72. The number of furan rings is 1. The molecule has 0 saturated carbocycles. The Kier molecular flexibility index (Phi) is 5.37. The Morgan fingerprint density at radius 1 is 1.03 bits per heavy atom. The molecule has 31 heavy (non-hydrogen) atoms. The zero-order valence-corrected chi connectivity index (χ0v) is 18.0. The quantitative estimate of drug-likeness (QED) is 0.485. The number of rotatable bonds is 6. The first kappa shape index (κ1) is 20.5. The average Bonchev–Trinajstić information content (AvgIpc) is 3.07. The van der Waals surface area contributed by atoms with Crippen molar-refractivity contribution in [3.05, 3.63) is 48.0 Å². The van der Waals surface area contributed by atoms with Crippen LogP contribution in [0.25, 0.3) is 21.9 Å². The van der Waals surface area contributed by atoms with Gasteiger partial charge >= 0.3 is 0 Å². The fraction of sp³-hybridized carbons (Fsp3) is 0.261. The maximum atomic E-state index is 12.5. The lowest BCUT2D eigenvalue weighted by molar-refractivity contribution is 0.0943. The maximum Gasteiger partial charge on any atom is 0.255 e. The third-order valence-electron chi connectivity index (χ3n) is 4.80. The zero-order valence-electron chi connectivity index (χ0n) is 18.0. The second kappa shape index (κ2) is 8.14. The van der Waals surface area contributed by atoms with Crippen LogP contribution < -0.4 is 19.5 Å². The number of nitrogens with zero attached hydrogens (tertiary/aromatic N) is 2. The van der Waals surface area contributed by atoms with Crippen molar-refractivity contribution in [3.8, 4) is 23.1 Å². The van der Waals surface area contributed by atoms with Crippen molar-refractivity contribution >= 4 is 27.8 Å². The Morgan fingerprint density at radius 2 is 1.77 bits per heavy atom. The zero-order chi connectivity index (χ0) is 22.1.